The van der Waals surface area contributed by atoms with E-state index in [1.165, 1.54) is 25.7 Å². The fourth-order valence-electron chi connectivity index (χ4n) is 4.48. The topological polar surface area (TPSA) is 272 Å². The van der Waals surface area contributed by atoms with E-state index >= 15 is 0 Å². The zero-order valence-electron chi connectivity index (χ0n) is 29.6. The van der Waals surface area contributed by atoms with Crippen LogP contribution in [0.3, 0.4) is 0 Å². The first-order valence-electron chi connectivity index (χ1n) is 16.1. The maximum absolute atomic E-state index is 13.2. The maximum atomic E-state index is 13.2. The molecule has 1 N–H and O–H groups in total. The maximum Gasteiger partial charge on any atom is 0.519 e. The number of carbonyl (C=O) groups excluding carboxylic acids is 4. The van der Waals surface area contributed by atoms with Gasteiger partial charge in [-0.25, -0.2) is 28.8 Å². The van der Waals surface area contributed by atoms with Crippen LogP contribution in [0.25, 0.3) is 0 Å². The van der Waals surface area contributed by atoms with Crippen molar-refractivity contribution in [1.82, 2.24) is 15.1 Å². The number of nitrogens with zero attached hydrogens (tertiary/aromatic N) is 2. The number of nitrogens with one attached hydrogen (secondary N) is 1. The molecule has 0 fully saturated rings. The molecule has 0 aromatic carbocycles. The van der Waals surface area contributed by atoms with Gasteiger partial charge in [-0.05, 0) is 40.7 Å². The van der Waals surface area contributed by atoms with Crippen LogP contribution in [0.1, 0.15) is 54.3 Å². The zero-order chi connectivity index (χ0) is 39.4. The predicted molar refractivity (Wildman–Crippen MR) is 172 cm³/mol. The van der Waals surface area contributed by atoms with E-state index in [0.29, 0.717) is 5.76 Å². The molecule has 22 nitrogen and oxygen atoms in total. The van der Waals surface area contributed by atoms with Crippen LogP contribution in [0.4, 0.5) is 14.4 Å². The molecule has 54 heavy (non-hydrogen) atoms. The van der Waals surface area contributed by atoms with E-state index < -0.39 is 61.5 Å². The van der Waals surface area contributed by atoms with Crippen molar-refractivity contribution < 1.29 is 74.1 Å². The molecule has 3 aromatic heterocycles. The first-order valence-corrected chi connectivity index (χ1v) is 16.1. The van der Waals surface area contributed by atoms with Gasteiger partial charge >= 0.3 is 41.7 Å². The number of aryl methyl sites for hydroxylation is 3. The van der Waals surface area contributed by atoms with Crippen LogP contribution in [-0.2, 0) is 53.0 Å². The van der Waals surface area contributed by atoms with Crippen LogP contribution in [-0.4, -0.2) is 73.4 Å². The molecule has 0 radical (unpaired) electrons. The molecule has 4 rings (SSSR count). The number of rotatable bonds is 18. The molecule has 0 spiro atoms. The minimum Gasteiger partial charge on any atom is -0.457 e. The Morgan fingerprint density at radius 1 is 0.611 bits per heavy atom. The molecule has 1 aliphatic rings. The summed E-state index contributed by atoms with van der Waals surface area (Å²) >= 11 is 0. The van der Waals surface area contributed by atoms with Gasteiger partial charge in [0.25, 0.3) is 5.95 Å². The molecule has 1 aliphatic heterocycles. The van der Waals surface area contributed by atoms with E-state index in [0.717, 1.165) is 4.90 Å². The molecule has 4 heterocycles. The van der Waals surface area contributed by atoms with Crippen LogP contribution in [0, 0.1) is 20.8 Å². The Labute approximate surface area is 303 Å². The summed E-state index contributed by atoms with van der Waals surface area (Å²) in [6.45, 7) is 7.04. The molecule has 3 amide bonds. The quantitative estimate of drug-likeness (QED) is 0.144. The Balaban J connectivity index is 1.38. The van der Waals surface area contributed by atoms with Gasteiger partial charge in [0, 0.05) is 39.1 Å². The fraction of sp³-hybridized carbons (Fsp3) is 0.469. The summed E-state index contributed by atoms with van der Waals surface area (Å²) in [6, 6.07) is 0. The number of ether oxygens (including phenoxy) is 6. The lowest BCUT2D eigenvalue weighted by molar-refractivity contribution is -0.143. The van der Waals surface area contributed by atoms with Gasteiger partial charge in [0.05, 0.1) is 0 Å². The molecule has 22 heteroatoms. The summed E-state index contributed by atoms with van der Waals surface area (Å²) in [4.78, 5) is 87.6. The number of carbonyl (C=O) groups is 4. The van der Waals surface area contributed by atoms with Gasteiger partial charge in [-0.2, -0.15) is 0 Å². The van der Waals surface area contributed by atoms with E-state index in [1.54, 1.807) is 6.92 Å². The smallest absolute Gasteiger partial charge is 0.457 e. The second-order valence-corrected chi connectivity index (χ2v) is 11.2. The largest absolute Gasteiger partial charge is 0.519 e. The van der Waals surface area contributed by atoms with Gasteiger partial charge in [-0.3, -0.25) is 4.79 Å². The standard InChI is InChI=1S/C32H37N3O19/c1-17-22(51-21(5)47-17)13-43-26(36)7-6-9-34(28(38)45-15-24-19(3)49-31(41)53-24)11-12-35(29(39)46-16-25-20(4)50-32(42)54-25)10-8-33-27(37)44-14-23-18(2)48-30(40)52-23/h5-16H2,1-4H3,(H,33,37). The minimum absolute atomic E-state index is 0.00283. The van der Waals surface area contributed by atoms with E-state index in [1.807, 2.05) is 0 Å². The SMILES string of the molecule is C=C1OC(C)=C(COC(=O)CCCN(CCN(CCNC(=O)OCc2oc(=O)oc2C)C(=O)OCc2oc(=O)oc2C)C(=O)OCc2oc(=O)oc2C)O1. The lowest BCUT2D eigenvalue weighted by atomic mass is 10.3. The molecule has 294 valence electrons. The summed E-state index contributed by atoms with van der Waals surface area (Å²) in [5, 5.41) is 2.43. The number of amides is 3. The number of hydrogen-bond donors (Lipinski definition) is 1. The summed E-state index contributed by atoms with van der Waals surface area (Å²) < 4.78 is 60.1. The first-order chi connectivity index (χ1) is 25.7. The van der Waals surface area contributed by atoms with Gasteiger partial charge in [-0.15, -0.1) is 0 Å². The van der Waals surface area contributed by atoms with E-state index in [9.17, 15) is 33.6 Å². The second-order valence-electron chi connectivity index (χ2n) is 11.2. The highest BCUT2D eigenvalue weighted by molar-refractivity contribution is 5.71. The predicted octanol–water partition coefficient (Wildman–Crippen LogP) is 2.83. The van der Waals surface area contributed by atoms with Gasteiger partial charge in [-0.1, -0.05) is 0 Å². The van der Waals surface area contributed by atoms with Crippen molar-refractivity contribution in [1.29, 1.82) is 0 Å². The van der Waals surface area contributed by atoms with Crippen molar-refractivity contribution in [2.45, 2.75) is 60.4 Å². The molecule has 0 saturated carbocycles. The lowest BCUT2D eigenvalue weighted by Gasteiger charge is -2.27. The highest BCUT2D eigenvalue weighted by Gasteiger charge is 2.24. The average Bonchev–Trinajstić information content (AvgIpc) is 3.83. The van der Waals surface area contributed by atoms with Crippen LogP contribution in [0.15, 0.2) is 64.9 Å². The number of allylic oxidation sites excluding steroid dienone is 1. The molecule has 0 saturated heterocycles. The number of hydrogen-bond acceptors (Lipinski definition) is 19. The van der Waals surface area contributed by atoms with E-state index in [-0.39, 0.29) is 98.4 Å². The normalized spacial score (nSPS) is 12.2. The molecular weight excluding hydrogens is 730 g/mol. The van der Waals surface area contributed by atoms with Crippen molar-refractivity contribution in [3.05, 3.63) is 90.5 Å². The monoisotopic (exact) mass is 767 g/mol. The fourth-order valence-corrected chi connectivity index (χ4v) is 4.48. The number of alkyl carbamates (subject to hydrolysis) is 1. The highest BCUT2D eigenvalue weighted by atomic mass is 16.7. The lowest BCUT2D eigenvalue weighted by Crippen LogP contribution is -2.44. The number of esters is 1. The van der Waals surface area contributed by atoms with Crippen LogP contribution in [0.2, 0.25) is 0 Å². The molecule has 0 bridgehead atoms. The van der Waals surface area contributed by atoms with Crippen molar-refractivity contribution in [3.8, 4) is 0 Å². The van der Waals surface area contributed by atoms with Gasteiger partial charge in [0.15, 0.2) is 66.7 Å². The third-order valence-corrected chi connectivity index (χ3v) is 7.37. The summed E-state index contributed by atoms with van der Waals surface area (Å²) in [5.74, 6) is -2.60. The minimum atomic E-state index is -0.995. The third kappa shape index (κ3) is 12.0. The molecular formula is C32H37N3O19. The zero-order valence-corrected chi connectivity index (χ0v) is 29.6. The second kappa shape index (κ2) is 18.8. The molecule has 0 aliphatic carbocycles. The van der Waals surface area contributed by atoms with Crippen LogP contribution >= 0.6 is 0 Å². The van der Waals surface area contributed by atoms with Crippen molar-refractivity contribution in [3.63, 3.8) is 0 Å². The molecule has 3 aromatic rings. The molecule has 0 unspecified atom stereocenters. The molecule has 0 atom stereocenters. The van der Waals surface area contributed by atoms with E-state index in [4.69, 9.17) is 54.9 Å². The van der Waals surface area contributed by atoms with Gasteiger partial charge in [0.2, 0.25) is 0 Å². The van der Waals surface area contributed by atoms with Crippen LogP contribution < -0.4 is 22.8 Å². The Morgan fingerprint density at radius 3 is 1.54 bits per heavy atom. The van der Waals surface area contributed by atoms with Crippen molar-refractivity contribution in [2.24, 2.45) is 0 Å². The summed E-state index contributed by atoms with van der Waals surface area (Å²) in [5.41, 5.74) is 0. The average molecular weight is 768 g/mol. The van der Waals surface area contributed by atoms with Gasteiger partial charge in [0.1, 0.15) is 5.76 Å². The summed E-state index contributed by atoms with van der Waals surface area (Å²) in [6.07, 6.45) is -2.83. The van der Waals surface area contributed by atoms with Crippen molar-refractivity contribution in [2.75, 3.05) is 39.3 Å². The van der Waals surface area contributed by atoms with Gasteiger partial charge < -0.3 is 70.0 Å². The van der Waals surface area contributed by atoms with Crippen LogP contribution in [0.5, 0.6) is 0 Å². The Kier molecular flexibility index (Phi) is 13.9. The Hall–Kier alpha value is -6.61. The third-order valence-electron chi connectivity index (χ3n) is 7.37. The Morgan fingerprint density at radius 2 is 1.09 bits per heavy atom. The van der Waals surface area contributed by atoms with E-state index in [2.05, 4.69) is 11.9 Å². The van der Waals surface area contributed by atoms with Crippen molar-refractivity contribution >= 4 is 24.2 Å². The highest BCUT2D eigenvalue weighted by Crippen LogP contribution is 2.23. The summed E-state index contributed by atoms with van der Waals surface area (Å²) in [7, 11) is 0. The Bertz CT molecular complexity index is 2020. The first kappa shape index (κ1) is 40.2.